The maximum Gasteiger partial charge on any atom is 0.271 e. The first-order valence-electron chi connectivity index (χ1n) is 5.90. The molecule has 8 nitrogen and oxygen atoms in total. The van der Waals surface area contributed by atoms with Crippen molar-refractivity contribution in [2.75, 3.05) is 18.4 Å². The van der Waals surface area contributed by atoms with Gasteiger partial charge in [0.15, 0.2) is 11.5 Å². The minimum atomic E-state index is -0.279. The Hall–Kier alpha value is -2.51. The number of hydrogen-bond donors (Lipinski definition) is 2. The van der Waals surface area contributed by atoms with Crippen LogP contribution in [0.3, 0.4) is 0 Å². The second kappa shape index (κ2) is 6.43. The molecule has 8 heteroatoms. The van der Waals surface area contributed by atoms with Crippen LogP contribution in [0.1, 0.15) is 23.2 Å². The van der Waals surface area contributed by atoms with Crippen LogP contribution in [0.4, 0.5) is 5.82 Å². The van der Waals surface area contributed by atoms with Crippen molar-refractivity contribution < 1.29 is 9.32 Å². The number of aromatic nitrogens is 4. The SMILES string of the molecule is CCNc1ccc(C(=O)NCCc2ncon2)nn1. The molecule has 19 heavy (non-hydrogen) atoms. The maximum absolute atomic E-state index is 11.7. The fourth-order valence-corrected chi connectivity index (χ4v) is 1.41. The maximum atomic E-state index is 11.7. The molecule has 2 rings (SSSR count). The lowest BCUT2D eigenvalue weighted by molar-refractivity contribution is 0.0948. The molecule has 0 aliphatic rings. The molecule has 0 aliphatic carbocycles. The molecule has 0 radical (unpaired) electrons. The number of nitrogens with one attached hydrogen (secondary N) is 2. The first kappa shape index (κ1) is 12.9. The highest BCUT2D eigenvalue weighted by molar-refractivity contribution is 5.92. The van der Waals surface area contributed by atoms with Crippen molar-refractivity contribution in [1.29, 1.82) is 0 Å². The third kappa shape index (κ3) is 3.73. The molecular weight excluding hydrogens is 248 g/mol. The molecule has 0 spiro atoms. The van der Waals surface area contributed by atoms with Crippen LogP contribution >= 0.6 is 0 Å². The van der Waals surface area contributed by atoms with Crippen LogP contribution in [-0.4, -0.2) is 39.3 Å². The van der Waals surface area contributed by atoms with Gasteiger partial charge in [-0.1, -0.05) is 5.16 Å². The lowest BCUT2D eigenvalue weighted by Crippen LogP contribution is -2.27. The Morgan fingerprint density at radius 3 is 2.89 bits per heavy atom. The summed E-state index contributed by atoms with van der Waals surface area (Å²) in [6, 6.07) is 3.33. The zero-order valence-corrected chi connectivity index (χ0v) is 10.5. The third-order valence-electron chi connectivity index (χ3n) is 2.30. The molecule has 2 heterocycles. The van der Waals surface area contributed by atoms with Crippen molar-refractivity contribution in [2.45, 2.75) is 13.3 Å². The summed E-state index contributed by atoms with van der Waals surface area (Å²) in [6.45, 7) is 3.13. The first-order valence-corrected chi connectivity index (χ1v) is 5.90. The van der Waals surface area contributed by atoms with Crippen molar-refractivity contribution in [3.63, 3.8) is 0 Å². The van der Waals surface area contributed by atoms with Crippen LogP contribution in [0, 0.1) is 0 Å². The molecule has 0 fully saturated rings. The van der Waals surface area contributed by atoms with Crippen molar-refractivity contribution in [3.05, 3.63) is 30.0 Å². The van der Waals surface area contributed by atoms with E-state index in [9.17, 15) is 4.79 Å². The van der Waals surface area contributed by atoms with E-state index in [0.717, 1.165) is 6.54 Å². The minimum absolute atomic E-state index is 0.273. The third-order valence-corrected chi connectivity index (χ3v) is 2.30. The van der Waals surface area contributed by atoms with Crippen LogP contribution in [0.5, 0.6) is 0 Å². The molecular formula is C11H14N6O2. The highest BCUT2D eigenvalue weighted by Crippen LogP contribution is 2.01. The van der Waals surface area contributed by atoms with Crippen molar-refractivity contribution in [1.82, 2.24) is 25.7 Å². The summed E-state index contributed by atoms with van der Waals surface area (Å²) < 4.78 is 4.59. The van der Waals surface area contributed by atoms with Crippen molar-refractivity contribution >= 4 is 11.7 Å². The molecule has 0 unspecified atom stereocenters. The number of amides is 1. The summed E-state index contributed by atoms with van der Waals surface area (Å²) >= 11 is 0. The molecule has 2 aromatic heterocycles. The van der Waals surface area contributed by atoms with Gasteiger partial charge >= 0.3 is 0 Å². The number of anilines is 1. The molecule has 100 valence electrons. The topological polar surface area (TPSA) is 106 Å². The Labute approximate surface area is 109 Å². The van der Waals surface area contributed by atoms with Crippen LogP contribution in [0.15, 0.2) is 23.0 Å². The number of carbonyl (C=O) groups excluding carboxylic acids is 1. The number of rotatable bonds is 6. The van der Waals surface area contributed by atoms with E-state index < -0.39 is 0 Å². The van der Waals surface area contributed by atoms with Gasteiger partial charge in [0.25, 0.3) is 5.91 Å². The second-order valence-electron chi connectivity index (χ2n) is 3.69. The van der Waals surface area contributed by atoms with Gasteiger partial charge in [-0.2, -0.15) is 4.98 Å². The number of carbonyl (C=O) groups is 1. The van der Waals surface area contributed by atoms with Gasteiger partial charge in [0.2, 0.25) is 6.39 Å². The highest BCUT2D eigenvalue weighted by atomic mass is 16.5. The minimum Gasteiger partial charge on any atom is -0.369 e. The Morgan fingerprint density at radius 1 is 1.37 bits per heavy atom. The standard InChI is InChI=1S/C11H14N6O2/c1-2-12-9-4-3-8(15-16-9)11(18)13-6-5-10-14-7-19-17-10/h3-4,7H,2,5-6H2,1H3,(H,12,16)(H,13,18). The van der Waals surface area contributed by atoms with Gasteiger partial charge in [-0.05, 0) is 19.1 Å². The molecule has 2 N–H and O–H groups in total. The van der Waals surface area contributed by atoms with E-state index in [-0.39, 0.29) is 11.6 Å². The Bertz CT molecular complexity index is 510. The van der Waals surface area contributed by atoms with Gasteiger partial charge in [0, 0.05) is 19.5 Å². The summed E-state index contributed by atoms with van der Waals surface area (Å²) in [5.74, 6) is 0.916. The monoisotopic (exact) mass is 262 g/mol. The number of hydrogen-bond acceptors (Lipinski definition) is 7. The van der Waals surface area contributed by atoms with E-state index >= 15 is 0 Å². The van der Waals surface area contributed by atoms with E-state index in [2.05, 4.69) is 35.5 Å². The van der Waals surface area contributed by atoms with Gasteiger partial charge in [-0.25, -0.2) is 0 Å². The molecule has 0 bridgehead atoms. The van der Waals surface area contributed by atoms with E-state index in [1.807, 2.05) is 6.92 Å². The quantitative estimate of drug-likeness (QED) is 0.769. The zero-order valence-electron chi connectivity index (χ0n) is 10.5. The predicted molar refractivity (Wildman–Crippen MR) is 66.5 cm³/mol. The molecule has 1 amide bonds. The summed E-state index contributed by atoms with van der Waals surface area (Å²) in [6.07, 6.45) is 1.76. The Kier molecular flexibility index (Phi) is 4.38. The number of nitrogens with zero attached hydrogens (tertiary/aromatic N) is 4. The van der Waals surface area contributed by atoms with E-state index in [0.29, 0.717) is 24.6 Å². The smallest absolute Gasteiger partial charge is 0.271 e. The fourth-order valence-electron chi connectivity index (χ4n) is 1.41. The van der Waals surface area contributed by atoms with Gasteiger partial charge in [0.05, 0.1) is 0 Å². The Balaban J connectivity index is 1.82. The lowest BCUT2D eigenvalue weighted by atomic mass is 10.3. The molecule has 0 aromatic carbocycles. The van der Waals surface area contributed by atoms with E-state index in [1.54, 1.807) is 12.1 Å². The van der Waals surface area contributed by atoms with Gasteiger partial charge in [-0.3, -0.25) is 4.79 Å². The van der Waals surface area contributed by atoms with Crippen LogP contribution < -0.4 is 10.6 Å². The molecule has 2 aromatic rings. The average molecular weight is 262 g/mol. The van der Waals surface area contributed by atoms with Crippen LogP contribution in [-0.2, 0) is 6.42 Å². The molecule has 0 saturated heterocycles. The van der Waals surface area contributed by atoms with Crippen molar-refractivity contribution in [3.8, 4) is 0 Å². The molecule has 0 atom stereocenters. The Morgan fingerprint density at radius 2 is 2.26 bits per heavy atom. The zero-order chi connectivity index (χ0) is 13.5. The van der Waals surface area contributed by atoms with Gasteiger partial charge in [0.1, 0.15) is 5.82 Å². The van der Waals surface area contributed by atoms with Gasteiger partial charge < -0.3 is 15.2 Å². The first-order chi connectivity index (χ1) is 9.29. The highest BCUT2D eigenvalue weighted by Gasteiger charge is 2.08. The summed E-state index contributed by atoms with van der Waals surface area (Å²) in [5, 5.41) is 17.1. The fraction of sp³-hybridized carbons (Fsp3) is 0.364. The lowest BCUT2D eigenvalue weighted by Gasteiger charge is -2.04. The predicted octanol–water partition coefficient (Wildman–Crippen LogP) is 0.264. The van der Waals surface area contributed by atoms with Crippen LogP contribution in [0.25, 0.3) is 0 Å². The normalized spacial score (nSPS) is 10.2. The van der Waals surface area contributed by atoms with Crippen molar-refractivity contribution in [2.24, 2.45) is 0 Å². The summed E-state index contributed by atoms with van der Waals surface area (Å²) in [4.78, 5) is 15.6. The molecule has 0 aliphatic heterocycles. The van der Waals surface area contributed by atoms with E-state index in [4.69, 9.17) is 0 Å². The average Bonchev–Trinajstić information content (AvgIpc) is 2.93. The second-order valence-corrected chi connectivity index (χ2v) is 3.69. The molecule has 0 saturated carbocycles. The van der Waals surface area contributed by atoms with Crippen LogP contribution in [0.2, 0.25) is 0 Å². The summed E-state index contributed by atoms with van der Waals surface area (Å²) in [7, 11) is 0. The summed E-state index contributed by atoms with van der Waals surface area (Å²) in [5.41, 5.74) is 0.273. The van der Waals surface area contributed by atoms with E-state index in [1.165, 1.54) is 6.39 Å². The largest absolute Gasteiger partial charge is 0.369 e. The van der Waals surface area contributed by atoms with Gasteiger partial charge in [-0.15, -0.1) is 10.2 Å².